The maximum absolute atomic E-state index is 8.16. The molecule has 0 saturated heterocycles. The molecular weight excluding hydrogens is 150 g/mol. The molecule has 3 heteroatoms. The molecule has 0 aliphatic carbocycles. The summed E-state index contributed by atoms with van der Waals surface area (Å²) in [6.45, 7) is 7.26. The Morgan fingerprint density at radius 3 is 2.42 bits per heavy atom. The molecule has 0 aromatic heterocycles. The summed E-state index contributed by atoms with van der Waals surface area (Å²) in [4.78, 5) is 2.78. The SMILES string of the molecule is CC[C@H](C)C[C@@H](CC)CN=[N+]=[N-]. The van der Waals surface area contributed by atoms with Gasteiger partial charge < -0.3 is 0 Å². The summed E-state index contributed by atoms with van der Waals surface area (Å²) in [6, 6.07) is 0. The van der Waals surface area contributed by atoms with Crippen molar-refractivity contribution in [2.45, 2.75) is 40.0 Å². The van der Waals surface area contributed by atoms with Gasteiger partial charge in [0, 0.05) is 11.5 Å². The van der Waals surface area contributed by atoms with Gasteiger partial charge in [0.25, 0.3) is 0 Å². The zero-order valence-electron chi connectivity index (χ0n) is 8.32. The van der Waals surface area contributed by atoms with Crippen LogP contribution < -0.4 is 0 Å². The maximum Gasteiger partial charge on any atom is 0.0286 e. The highest BCUT2D eigenvalue weighted by Crippen LogP contribution is 2.18. The predicted octanol–water partition coefficient (Wildman–Crippen LogP) is 3.76. The van der Waals surface area contributed by atoms with E-state index >= 15 is 0 Å². The van der Waals surface area contributed by atoms with Crippen molar-refractivity contribution in [3.63, 3.8) is 0 Å². The molecule has 0 rings (SSSR count). The smallest absolute Gasteiger partial charge is 0.0286 e. The maximum atomic E-state index is 8.16. The Hall–Kier alpha value is -0.690. The first-order valence-electron chi connectivity index (χ1n) is 4.75. The van der Waals surface area contributed by atoms with Gasteiger partial charge in [-0.1, -0.05) is 38.7 Å². The topological polar surface area (TPSA) is 48.8 Å². The molecule has 0 heterocycles. The average Bonchev–Trinajstić information content (AvgIpc) is 2.11. The van der Waals surface area contributed by atoms with Crippen LogP contribution in [-0.2, 0) is 0 Å². The molecule has 0 amide bonds. The van der Waals surface area contributed by atoms with Crippen molar-refractivity contribution >= 4 is 0 Å². The lowest BCUT2D eigenvalue weighted by Crippen LogP contribution is -2.07. The molecule has 0 aromatic rings. The Morgan fingerprint density at radius 2 is 2.00 bits per heavy atom. The van der Waals surface area contributed by atoms with Crippen LogP contribution in [-0.4, -0.2) is 6.54 Å². The molecule has 0 aliphatic heterocycles. The molecule has 0 N–H and O–H groups in total. The predicted molar refractivity (Wildman–Crippen MR) is 51.9 cm³/mol. The van der Waals surface area contributed by atoms with E-state index in [1.165, 1.54) is 12.8 Å². The van der Waals surface area contributed by atoms with Gasteiger partial charge in [0.2, 0.25) is 0 Å². The monoisotopic (exact) mass is 169 g/mol. The van der Waals surface area contributed by atoms with Gasteiger partial charge >= 0.3 is 0 Å². The summed E-state index contributed by atoms with van der Waals surface area (Å²) >= 11 is 0. The van der Waals surface area contributed by atoms with Crippen molar-refractivity contribution in [3.05, 3.63) is 10.4 Å². The Balaban J connectivity index is 3.73. The lowest BCUT2D eigenvalue weighted by atomic mass is 9.92. The van der Waals surface area contributed by atoms with Gasteiger partial charge in [-0.3, -0.25) is 0 Å². The standard InChI is InChI=1S/C9H19N3/c1-4-8(3)6-9(5-2)7-11-12-10/h8-9H,4-7H2,1-3H3/t8-,9+/m0/s1. The van der Waals surface area contributed by atoms with Gasteiger partial charge in [0.1, 0.15) is 0 Å². The zero-order valence-corrected chi connectivity index (χ0v) is 8.32. The fraction of sp³-hybridized carbons (Fsp3) is 1.00. The number of hydrogen-bond donors (Lipinski definition) is 0. The highest BCUT2D eigenvalue weighted by Gasteiger charge is 2.08. The molecule has 0 spiro atoms. The van der Waals surface area contributed by atoms with Crippen molar-refractivity contribution in [2.24, 2.45) is 17.0 Å². The summed E-state index contributed by atoms with van der Waals surface area (Å²) in [7, 11) is 0. The van der Waals surface area contributed by atoms with Crippen molar-refractivity contribution in [1.82, 2.24) is 0 Å². The van der Waals surface area contributed by atoms with Crippen molar-refractivity contribution in [3.8, 4) is 0 Å². The Labute approximate surface area is 74.8 Å². The van der Waals surface area contributed by atoms with Crippen LogP contribution in [0.25, 0.3) is 10.4 Å². The highest BCUT2D eigenvalue weighted by molar-refractivity contribution is 4.64. The summed E-state index contributed by atoms with van der Waals surface area (Å²) in [6.07, 6.45) is 3.52. The van der Waals surface area contributed by atoms with E-state index in [1.54, 1.807) is 0 Å². The molecular formula is C9H19N3. The molecule has 0 saturated carbocycles. The molecule has 70 valence electrons. The van der Waals surface area contributed by atoms with Gasteiger partial charge in [-0.05, 0) is 23.8 Å². The van der Waals surface area contributed by atoms with Crippen LogP contribution in [0.1, 0.15) is 40.0 Å². The van der Waals surface area contributed by atoms with Crippen LogP contribution in [0.4, 0.5) is 0 Å². The van der Waals surface area contributed by atoms with Crippen LogP contribution in [0.5, 0.6) is 0 Å². The molecule has 3 nitrogen and oxygen atoms in total. The van der Waals surface area contributed by atoms with Crippen LogP contribution in [0, 0.1) is 11.8 Å². The minimum atomic E-state index is 0.579. The summed E-state index contributed by atoms with van der Waals surface area (Å²) in [5.74, 6) is 1.33. The largest absolute Gasteiger partial charge is 0.0937 e. The average molecular weight is 169 g/mol. The van der Waals surface area contributed by atoms with Crippen LogP contribution in [0.3, 0.4) is 0 Å². The minimum absolute atomic E-state index is 0.579. The first-order chi connectivity index (χ1) is 5.74. The van der Waals surface area contributed by atoms with E-state index < -0.39 is 0 Å². The van der Waals surface area contributed by atoms with Crippen molar-refractivity contribution < 1.29 is 0 Å². The number of azide groups is 1. The Bertz CT molecular complexity index is 150. The third-order valence-electron chi connectivity index (χ3n) is 2.41. The van der Waals surface area contributed by atoms with E-state index in [0.29, 0.717) is 12.5 Å². The Kier molecular flexibility index (Phi) is 6.58. The second-order valence-electron chi connectivity index (χ2n) is 3.44. The van der Waals surface area contributed by atoms with Gasteiger partial charge in [0.05, 0.1) is 0 Å². The molecule has 0 radical (unpaired) electrons. The van der Waals surface area contributed by atoms with Gasteiger partial charge in [-0.2, -0.15) is 0 Å². The Morgan fingerprint density at radius 1 is 1.33 bits per heavy atom. The minimum Gasteiger partial charge on any atom is -0.0937 e. The molecule has 2 atom stereocenters. The quantitative estimate of drug-likeness (QED) is 0.330. The van der Waals surface area contributed by atoms with Crippen molar-refractivity contribution in [2.75, 3.05) is 6.54 Å². The number of rotatable bonds is 6. The first kappa shape index (κ1) is 11.3. The van der Waals surface area contributed by atoms with E-state index in [9.17, 15) is 0 Å². The normalized spacial score (nSPS) is 14.9. The molecule has 0 bridgehead atoms. The summed E-state index contributed by atoms with van der Waals surface area (Å²) < 4.78 is 0. The van der Waals surface area contributed by atoms with Crippen LogP contribution >= 0.6 is 0 Å². The molecule has 12 heavy (non-hydrogen) atoms. The molecule has 0 aromatic carbocycles. The second kappa shape index (κ2) is 6.99. The zero-order chi connectivity index (χ0) is 9.40. The van der Waals surface area contributed by atoms with Gasteiger partial charge in [-0.15, -0.1) is 0 Å². The number of hydrogen-bond acceptors (Lipinski definition) is 1. The fourth-order valence-corrected chi connectivity index (χ4v) is 1.26. The van der Waals surface area contributed by atoms with Gasteiger partial charge in [0.15, 0.2) is 0 Å². The molecule has 0 aliphatic rings. The van der Waals surface area contributed by atoms with E-state index in [0.717, 1.165) is 12.3 Å². The van der Waals surface area contributed by atoms with E-state index in [-0.39, 0.29) is 0 Å². The second-order valence-corrected chi connectivity index (χ2v) is 3.44. The van der Waals surface area contributed by atoms with Crippen LogP contribution in [0.15, 0.2) is 5.11 Å². The summed E-state index contributed by atoms with van der Waals surface area (Å²) in [5.41, 5.74) is 8.16. The lowest BCUT2D eigenvalue weighted by molar-refractivity contribution is 0.380. The van der Waals surface area contributed by atoms with E-state index in [4.69, 9.17) is 5.53 Å². The van der Waals surface area contributed by atoms with Crippen LogP contribution in [0.2, 0.25) is 0 Å². The lowest BCUT2D eigenvalue weighted by Gasteiger charge is -2.15. The van der Waals surface area contributed by atoms with Gasteiger partial charge in [-0.25, -0.2) is 0 Å². The number of nitrogens with zero attached hydrogens (tertiary/aromatic N) is 3. The summed E-state index contributed by atoms with van der Waals surface area (Å²) in [5, 5.41) is 3.61. The fourth-order valence-electron chi connectivity index (χ4n) is 1.26. The molecule has 0 fully saturated rings. The third kappa shape index (κ3) is 5.03. The highest BCUT2D eigenvalue weighted by atomic mass is 15.1. The van der Waals surface area contributed by atoms with E-state index in [1.807, 2.05) is 0 Å². The first-order valence-corrected chi connectivity index (χ1v) is 4.75. The third-order valence-corrected chi connectivity index (χ3v) is 2.41. The van der Waals surface area contributed by atoms with Crippen molar-refractivity contribution in [1.29, 1.82) is 0 Å². The van der Waals surface area contributed by atoms with E-state index in [2.05, 4.69) is 30.8 Å². The molecule has 0 unspecified atom stereocenters.